The number of halogens is 2. The number of aromatic nitrogens is 4. The van der Waals surface area contributed by atoms with E-state index in [4.69, 9.17) is 9.47 Å². The Morgan fingerprint density at radius 3 is 2.72 bits per heavy atom. The van der Waals surface area contributed by atoms with E-state index in [0.717, 1.165) is 17.0 Å². The zero-order valence-corrected chi connectivity index (χ0v) is 14.8. The van der Waals surface area contributed by atoms with Gasteiger partial charge in [0, 0.05) is 24.0 Å². The number of nitrogens with one attached hydrogen (secondary N) is 1. The van der Waals surface area contributed by atoms with Gasteiger partial charge in [0.05, 0.1) is 30.3 Å². The highest BCUT2D eigenvalue weighted by atomic mass is 35.5. The van der Waals surface area contributed by atoms with E-state index in [1.165, 1.54) is 19.4 Å². The molecule has 0 amide bonds. The minimum Gasteiger partial charge on any atom is -0.486 e. The van der Waals surface area contributed by atoms with Crippen LogP contribution >= 0.6 is 24.8 Å². The predicted molar refractivity (Wildman–Crippen MR) is 96.8 cm³/mol. The van der Waals surface area contributed by atoms with Crippen LogP contribution in [0.25, 0.3) is 11.4 Å². The smallest absolute Gasteiger partial charge is 0.213 e. The minimum atomic E-state index is 0. The van der Waals surface area contributed by atoms with Crippen LogP contribution in [-0.2, 0) is 6.61 Å². The van der Waals surface area contributed by atoms with Crippen LogP contribution < -0.4 is 9.47 Å². The fraction of sp³-hybridized carbons (Fsp3) is 0.125. The van der Waals surface area contributed by atoms with Gasteiger partial charge in [-0.1, -0.05) is 6.07 Å². The van der Waals surface area contributed by atoms with Crippen molar-refractivity contribution in [1.29, 1.82) is 0 Å². The van der Waals surface area contributed by atoms with Crippen LogP contribution in [0.3, 0.4) is 0 Å². The van der Waals surface area contributed by atoms with Gasteiger partial charge in [-0.05, 0) is 12.1 Å². The second kappa shape index (κ2) is 9.61. The molecule has 0 saturated carbocycles. The Bertz CT molecular complexity index is 813. The number of hydrogen-bond donors (Lipinski definition) is 1. The zero-order valence-electron chi connectivity index (χ0n) is 13.2. The maximum atomic E-state index is 11.2. The molecule has 0 saturated heterocycles. The fourth-order valence-electron chi connectivity index (χ4n) is 2.10. The molecule has 3 rings (SSSR count). The van der Waals surface area contributed by atoms with Gasteiger partial charge < -0.3 is 9.47 Å². The molecule has 0 aliphatic heterocycles. The number of ether oxygens (including phenoxy) is 2. The molecular weight excluding hydrogens is 367 g/mol. The van der Waals surface area contributed by atoms with Crippen molar-refractivity contribution >= 4 is 31.1 Å². The summed E-state index contributed by atoms with van der Waals surface area (Å²) in [6.07, 6.45) is 5.53. The minimum absolute atomic E-state index is 0. The number of methoxy groups -OCH3 is 1. The summed E-state index contributed by atoms with van der Waals surface area (Å²) >= 11 is 0. The molecule has 0 atom stereocenters. The first-order chi connectivity index (χ1) is 11.3. The van der Waals surface area contributed by atoms with Gasteiger partial charge >= 0.3 is 0 Å². The first-order valence-corrected chi connectivity index (χ1v) is 6.87. The standard InChI is InChI=1S/C16H14N4O3.2ClH/c1-22-15-7-12(9-21)14(8-18-15)23-10-11-3-2-5-17-16(11)13-4-6-19-20-13;;/h2-9H,10H2,1H3,(H,19,20);2*1H. The van der Waals surface area contributed by atoms with Gasteiger partial charge in [0.1, 0.15) is 12.4 Å². The highest BCUT2D eigenvalue weighted by molar-refractivity contribution is 5.85. The lowest BCUT2D eigenvalue weighted by Gasteiger charge is -2.11. The highest BCUT2D eigenvalue weighted by Gasteiger charge is 2.11. The molecule has 0 spiro atoms. The third-order valence-electron chi connectivity index (χ3n) is 3.24. The Morgan fingerprint density at radius 2 is 2.04 bits per heavy atom. The number of carbonyl (C=O) groups is 1. The second-order valence-electron chi connectivity index (χ2n) is 4.65. The number of carbonyl (C=O) groups excluding carboxylic acids is 1. The average Bonchev–Trinajstić information content (AvgIpc) is 3.14. The van der Waals surface area contributed by atoms with Gasteiger partial charge in [0.25, 0.3) is 0 Å². The highest BCUT2D eigenvalue weighted by Crippen LogP contribution is 2.23. The SMILES string of the molecule is COc1cc(C=O)c(OCc2cccnc2-c2ccn[nH]2)cn1.Cl.Cl. The largest absolute Gasteiger partial charge is 0.486 e. The topological polar surface area (TPSA) is 90.0 Å². The van der Waals surface area contributed by atoms with Crippen LogP contribution in [0.5, 0.6) is 11.6 Å². The molecule has 0 aliphatic carbocycles. The van der Waals surface area contributed by atoms with Gasteiger partial charge in [0.15, 0.2) is 6.29 Å². The maximum Gasteiger partial charge on any atom is 0.213 e. The third kappa shape index (κ3) is 4.68. The number of pyridine rings is 2. The first kappa shape index (κ1) is 20.4. The molecule has 9 heteroatoms. The molecule has 0 radical (unpaired) electrons. The van der Waals surface area contributed by atoms with E-state index in [2.05, 4.69) is 20.2 Å². The number of nitrogens with zero attached hydrogens (tertiary/aromatic N) is 3. The van der Waals surface area contributed by atoms with Crippen molar-refractivity contribution < 1.29 is 14.3 Å². The predicted octanol–water partition coefficient (Wildman–Crippen LogP) is 3.11. The summed E-state index contributed by atoms with van der Waals surface area (Å²) in [5, 5.41) is 6.80. The van der Waals surface area contributed by atoms with E-state index < -0.39 is 0 Å². The van der Waals surface area contributed by atoms with Crippen molar-refractivity contribution in [2.24, 2.45) is 0 Å². The lowest BCUT2D eigenvalue weighted by Crippen LogP contribution is -2.02. The zero-order chi connectivity index (χ0) is 16.1. The van der Waals surface area contributed by atoms with Gasteiger partial charge in [0.2, 0.25) is 5.88 Å². The van der Waals surface area contributed by atoms with E-state index in [-0.39, 0.29) is 31.4 Å². The molecule has 3 aromatic heterocycles. The molecule has 0 fully saturated rings. The monoisotopic (exact) mass is 382 g/mol. The fourth-order valence-corrected chi connectivity index (χ4v) is 2.10. The van der Waals surface area contributed by atoms with Gasteiger partial charge in [-0.3, -0.25) is 14.9 Å². The summed E-state index contributed by atoms with van der Waals surface area (Å²) in [6.45, 7) is 0.247. The Kier molecular flexibility index (Phi) is 7.84. The average molecular weight is 383 g/mol. The van der Waals surface area contributed by atoms with Crippen molar-refractivity contribution in [3.05, 3.63) is 54.0 Å². The molecular formula is C16H16Cl2N4O3. The molecule has 1 N–H and O–H groups in total. The number of aldehydes is 1. The lowest BCUT2D eigenvalue weighted by molar-refractivity contribution is 0.111. The molecule has 3 heterocycles. The number of rotatable bonds is 6. The summed E-state index contributed by atoms with van der Waals surface area (Å²) in [6, 6.07) is 7.09. The molecule has 0 bridgehead atoms. The number of aromatic amines is 1. The Morgan fingerprint density at radius 1 is 1.20 bits per heavy atom. The van der Waals surface area contributed by atoms with Crippen LogP contribution in [0, 0.1) is 0 Å². The van der Waals surface area contributed by atoms with E-state index >= 15 is 0 Å². The lowest BCUT2D eigenvalue weighted by atomic mass is 10.1. The van der Waals surface area contributed by atoms with Crippen molar-refractivity contribution in [1.82, 2.24) is 20.2 Å². The van der Waals surface area contributed by atoms with Crippen molar-refractivity contribution in [3.63, 3.8) is 0 Å². The van der Waals surface area contributed by atoms with Gasteiger partial charge in [-0.15, -0.1) is 24.8 Å². The Labute approximate surface area is 156 Å². The molecule has 0 aromatic carbocycles. The summed E-state index contributed by atoms with van der Waals surface area (Å²) in [5.41, 5.74) is 2.79. The van der Waals surface area contributed by atoms with Crippen LogP contribution in [0.4, 0.5) is 0 Å². The van der Waals surface area contributed by atoms with Crippen molar-refractivity contribution in [2.45, 2.75) is 6.61 Å². The van der Waals surface area contributed by atoms with Crippen molar-refractivity contribution in [3.8, 4) is 23.0 Å². The van der Waals surface area contributed by atoms with Crippen LogP contribution in [0.15, 0.2) is 42.9 Å². The molecule has 25 heavy (non-hydrogen) atoms. The van der Waals surface area contributed by atoms with E-state index in [0.29, 0.717) is 23.5 Å². The van der Waals surface area contributed by atoms with E-state index in [9.17, 15) is 4.79 Å². The number of H-pyrrole nitrogens is 1. The van der Waals surface area contributed by atoms with E-state index in [1.807, 2.05) is 18.2 Å². The summed E-state index contributed by atoms with van der Waals surface area (Å²) < 4.78 is 10.7. The molecule has 0 unspecified atom stereocenters. The van der Waals surface area contributed by atoms with Crippen LogP contribution in [0.1, 0.15) is 15.9 Å². The van der Waals surface area contributed by atoms with Crippen LogP contribution in [-0.4, -0.2) is 33.6 Å². The number of hydrogen-bond acceptors (Lipinski definition) is 6. The molecule has 0 aliphatic rings. The quantitative estimate of drug-likeness (QED) is 0.658. The third-order valence-corrected chi connectivity index (χ3v) is 3.24. The Balaban J connectivity index is 0.00000156. The van der Waals surface area contributed by atoms with Gasteiger partial charge in [-0.25, -0.2) is 4.98 Å². The van der Waals surface area contributed by atoms with Gasteiger partial charge in [-0.2, -0.15) is 5.10 Å². The summed E-state index contributed by atoms with van der Waals surface area (Å²) in [4.78, 5) is 19.6. The van der Waals surface area contributed by atoms with Crippen molar-refractivity contribution in [2.75, 3.05) is 7.11 Å². The molecule has 132 valence electrons. The molecule has 3 aromatic rings. The second-order valence-corrected chi connectivity index (χ2v) is 4.65. The normalized spacial score (nSPS) is 9.48. The van der Waals surface area contributed by atoms with Crippen LogP contribution in [0.2, 0.25) is 0 Å². The summed E-state index contributed by atoms with van der Waals surface area (Å²) in [5.74, 6) is 0.749. The summed E-state index contributed by atoms with van der Waals surface area (Å²) in [7, 11) is 1.49. The van der Waals surface area contributed by atoms with E-state index in [1.54, 1.807) is 12.4 Å². The molecule has 7 nitrogen and oxygen atoms in total. The Hall–Kier alpha value is -2.64. The maximum absolute atomic E-state index is 11.2. The first-order valence-electron chi connectivity index (χ1n) is 6.87.